The molecule has 2 aliphatic rings. The molecule has 1 fully saturated rings. The summed E-state index contributed by atoms with van der Waals surface area (Å²) in [6, 6.07) is 0.862. The van der Waals surface area contributed by atoms with Crippen molar-refractivity contribution in [3.63, 3.8) is 0 Å². The van der Waals surface area contributed by atoms with Crippen LogP contribution in [-0.4, -0.2) is 52.6 Å². The van der Waals surface area contributed by atoms with Crippen molar-refractivity contribution in [2.24, 2.45) is 5.92 Å². The van der Waals surface area contributed by atoms with Crippen LogP contribution in [0.25, 0.3) is 10.9 Å². The van der Waals surface area contributed by atoms with Crippen LogP contribution in [0.15, 0.2) is 10.9 Å². The van der Waals surface area contributed by atoms with Crippen LogP contribution in [0, 0.1) is 11.7 Å². The number of hydrogen-bond donors (Lipinski definition) is 2. The van der Waals surface area contributed by atoms with Crippen LogP contribution >= 0.6 is 0 Å². The van der Waals surface area contributed by atoms with Crippen molar-refractivity contribution in [2.45, 2.75) is 78.5 Å². The third kappa shape index (κ3) is 4.73. The summed E-state index contributed by atoms with van der Waals surface area (Å²) in [5.41, 5.74) is -1.20. The second-order valence-electron chi connectivity index (χ2n) is 11.6. The van der Waals surface area contributed by atoms with Crippen LogP contribution < -0.4 is 20.5 Å². The summed E-state index contributed by atoms with van der Waals surface area (Å²) in [7, 11) is 0. The van der Waals surface area contributed by atoms with Crippen molar-refractivity contribution in [3.8, 4) is 5.75 Å². The van der Waals surface area contributed by atoms with Crippen LogP contribution in [0.1, 0.15) is 76.9 Å². The topological polar surface area (TPSA) is 110 Å². The number of benzene rings is 1. The van der Waals surface area contributed by atoms with E-state index in [0.717, 1.165) is 0 Å². The predicted octanol–water partition coefficient (Wildman–Crippen LogP) is 4.48. The smallest absolute Gasteiger partial charge is 0.408 e. The lowest BCUT2D eigenvalue weighted by molar-refractivity contribution is 0.0441. The van der Waals surface area contributed by atoms with Gasteiger partial charge >= 0.3 is 12.1 Å². The van der Waals surface area contributed by atoms with Crippen molar-refractivity contribution < 1.29 is 28.6 Å². The fourth-order valence-corrected chi connectivity index (χ4v) is 5.41. The minimum Gasteiger partial charge on any atom is -0.487 e. The van der Waals surface area contributed by atoms with Gasteiger partial charge in [-0.25, -0.2) is 14.0 Å². The van der Waals surface area contributed by atoms with Crippen molar-refractivity contribution in [3.05, 3.63) is 33.4 Å². The van der Waals surface area contributed by atoms with Crippen LogP contribution in [0.5, 0.6) is 5.75 Å². The van der Waals surface area contributed by atoms with E-state index in [1.54, 1.807) is 34.6 Å². The molecule has 9 nitrogen and oxygen atoms in total. The fourth-order valence-electron chi connectivity index (χ4n) is 5.41. The molecule has 1 saturated heterocycles. The molecule has 0 aliphatic carbocycles. The number of aryl methyl sites for hydroxylation is 1. The number of amides is 1. The van der Waals surface area contributed by atoms with E-state index in [4.69, 9.17) is 9.47 Å². The lowest BCUT2D eigenvalue weighted by Crippen LogP contribution is -2.51. The van der Waals surface area contributed by atoms with Gasteiger partial charge in [0.05, 0.1) is 11.6 Å². The number of alkyl carbamates (subject to hydrolysis) is 1. The number of halogens is 1. The Morgan fingerprint density at radius 2 is 1.95 bits per heavy atom. The highest BCUT2D eigenvalue weighted by Gasteiger charge is 2.40. The van der Waals surface area contributed by atoms with Crippen LogP contribution in [0.3, 0.4) is 0 Å². The lowest BCUT2D eigenvalue weighted by atomic mass is 9.87. The summed E-state index contributed by atoms with van der Waals surface area (Å²) >= 11 is 0. The number of nitrogens with one attached hydrogen (secondary N) is 1. The molecule has 3 heterocycles. The van der Waals surface area contributed by atoms with Gasteiger partial charge in [0.25, 0.3) is 5.56 Å². The van der Waals surface area contributed by atoms with E-state index >= 15 is 4.39 Å². The molecule has 0 unspecified atom stereocenters. The van der Waals surface area contributed by atoms with Gasteiger partial charge in [-0.05, 0) is 66.0 Å². The van der Waals surface area contributed by atoms with Gasteiger partial charge in [0.15, 0.2) is 11.6 Å². The largest absolute Gasteiger partial charge is 0.487 e. The maximum atomic E-state index is 16.2. The van der Waals surface area contributed by atoms with Gasteiger partial charge in [-0.2, -0.15) is 0 Å². The lowest BCUT2D eigenvalue weighted by Gasteiger charge is -2.35. The van der Waals surface area contributed by atoms with E-state index in [1.165, 1.54) is 10.6 Å². The highest BCUT2D eigenvalue weighted by Crippen LogP contribution is 2.46. The fraction of sp³-hybridized carbons (Fsp3) is 0.593. The maximum Gasteiger partial charge on any atom is 0.408 e. The van der Waals surface area contributed by atoms with Gasteiger partial charge in [0.2, 0.25) is 0 Å². The minimum atomic E-state index is -1.34. The molecule has 0 radical (unpaired) electrons. The van der Waals surface area contributed by atoms with Gasteiger partial charge in [0, 0.05) is 29.9 Å². The molecule has 0 saturated carbocycles. The number of pyridine rings is 1. The number of aromatic nitrogens is 1. The third-order valence-corrected chi connectivity index (χ3v) is 7.30. The Hall–Kier alpha value is -3.30. The van der Waals surface area contributed by atoms with E-state index in [1.807, 2.05) is 18.7 Å². The summed E-state index contributed by atoms with van der Waals surface area (Å²) in [6.07, 6.45) is 0.499. The monoisotopic (exact) mass is 517 g/mol. The molecule has 2 aromatic rings. The Balaban J connectivity index is 1.78. The molecule has 2 atom stereocenters. The average Bonchev–Trinajstić information content (AvgIpc) is 3.25. The first kappa shape index (κ1) is 26.8. The first-order valence-corrected chi connectivity index (χ1v) is 12.7. The van der Waals surface area contributed by atoms with E-state index < -0.39 is 40.6 Å². The van der Waals surface area contributed by atoms with Crippen molar-refractivity contribution in [2.75, 3.05) is 24.6 Å². The standard InChI is InChI=1S/C27H36FN3O6/c1-8-16-17-11-18(24(33)34)23(32)31-14(2)13-36-22(20(17)31)21(19(16)28)30-10-9-15(12-30)27(6,7)29-25(35)37-26(3,4)5/h11,14-15H,8-10,12-13H2,1-7H3,(H,29,35)(H,33,34)/t14-,15+/m0/s1. The molecule has 2 aliphatic heterocycles. The third-order valence-electron chi connectivity index (χ3n) is 7.30. The number of carbonyl (C=O) groups excluding carboxylic acids is 1. The second-order valence-corrected chi connectivity index (χ2v) is 11.6. The number of aromatic carboxylic acids is 1. The Kier molecular flexibility index (Phi) is 6.67. The van der Waals surface area contributed by atoms with Gasteiger partial charge in [-0.15, -0.1) is 0 Å². The zero-order valence-electron chi connectivity index (χ0n) is 22.5. The average molecular weight is 518 g/mol. The molecule has 0 bridgehead atoms. The predicted molar refractivity (Wildman–Crippen MR) is 138 cm³/mol. The number of nitrogens with zero attached hydrogens (tertiary/aromatic N) is 2. The SMILES string of the molecule is CCc1c(F)c(N2CC[C@@H](C(C)(C)NC(=O)OC(C)(C)C)C2)c2c3c1cc(C(=O)O)c(=O)n3[C@@H](C)CO2. The highest BCUT2D eigenvalue weighted by atomic mass is 19.1. The second kappa shape index (κ2) is 9.22. The molecule has 0 spiro atoms. The van der Waals surface area contributed by atoms with Gasteiger partial charge < -0.3 is 24.8 Å². The first-order valence-electron chi connectivity index (χ1n) is 12.7. The molecular formula is C27H36FN3O6. The molecule has 4 rings (SSSR count). The van der Waals surface area contributed by atoms with E-state index in [9.17, 15) is 19.5 Å². The molecule has 1 aromatic heterocycles. The van der Waals surface area contributed by atoms with Crippen molar-refractivity contribution in [1.82, 2.24) is 9.88 Å². The molecule has 2 N–H and O–H groups in total. The Morgan fingerprint density at radius 1 is 1.27 bits per heavy atom. The highest BCUT2D eigenvalue weighted by molar-refractivity contribution is 5.99. The van der Waals surface area contributed by atoms with Crippen molar-refractivity contribution in [1.29, 1.82) is 0 Å². The Labute approximate surface area is 215 Å². The van der Waals surface area contributed by atoms with Gasteiger partial charge in [-0.1, -0.05) is 6.92 Å². The summed E-state index contributed by atoms with van der Waals surface area (Å²) in [4.78, 5) is 39.3. The quantitative estimate of drug-likeness (QED) is 0.602. The van der Waals surface area contributed by atoms with Gasteiger partial charge in [-0.3, -0.25) is 9.36 Å². The number of rotatable bonds is 5. The summed E-state index contributed by atoms with van der Waals surface area (Å²) in [6.45, 7) is 13.9. The van der Waals surface area contributed by atoms with Crippen LogP contribution in [-0.2, 0) is 11.2 Å². The van der Waals surface area contributed by atoms with E-state index in [0.29, 0.717) is 42.4 Å². The zero-order valence-corrected chi connectivity index (χ0v) is 22.5. The number of carboxylic acids is 1. The Morgan fingerprint density at radius 3 is 2.54 bits per heavy atom. The summed E-state index contributed by atoms with van der Waals surface area (Å²) in [5.74, 6) is -1.56. The van der Waals surface area contributed by atoms with Crippen molar-refractivity contribution >= 4 is 28.7 Å². The zero-order chi connectivity index (χ0) is 27.4. The Bertz CT molecular complexity index is 1330. The normalized spacial score (nSPS) is 19.6. The maximum absolute atomic E-state index is 16.2. The molecule has 202 valence electrons. The van der Waals surface area contributed by atoms with Crippen LogP contribution in [0.2, 0.25) is 0 Å². The number of carbonyl (C=O) groups is 2. The number of carboxylic acid groups (broad SMARTS) is 1. The minimum absolute atomic E-state index is 0.00788. The summed E-state index contributed by atoms with van der Waals surface area (Å²) in [5, 5.41) is 13.0. The molecule has 1 aromatic carbocycles. The molecular weight excluding hydrogens is 481 g/mol. The summed E-state index contributed by atoms with van der Waals surface area (Å²) < 4.78 is 29.1. The number of hydrogen-bond acceptors (Lipinski definition) is 6. The van der Waals surface area contributed by atoms with Gasteiger partial charge in [0.1, 0.15) is 23.5 Å². The number of ether oxygens (including phenoxy) is 2. The van der Waals surface area contributed by atoms with E-state index in [-0.39, 0.29) is 29.5 Å². The first-order chi connectivity index (χ1) is 17.2. The van der Waals surface area contributed by atoms with Crippen LogP contribution in [0.4, 0.5) is 14.9 Å². The van der Waals surface area contributed by atoms with E-state index in [2.05, 4.69) is 5.32 Å². The molecule has 1 amide bonds. The molecule has 37 heavy (non-hydrogen) atoms. The number of anilines is 1. The molecule has 10 heteroatoms.